The number of benzene rings is 2. The van der Waals surface area contributed by atoms with Crippen LogP contribution in [-0.4, -0.2) is 24.1 Å². The molecule has 0 aliphatic carbocycles. The molecule has 8 heteroatoms. The molecule has 0 spiro atoms. The average Bonchev–Trinajstić information content (AvgIpc) is 3.26. The summed E-state index contributed by atoms with van der Waals surface area (Å²) in [7, 11) is 0. The third-order valence-electron chi connectivity index (χ3n) is 4.91. The molecule has 0 saturated heterocycles. The van der Waals surface area contributed by atoms with Gasteiger partial charge in [-0.1, -0.05) is 55.0 Å². The van der Waals surface area contributed by atoms with Crippen molar-refractivity contribution in [2.45, 2.75) is 46.1 Å². The van der Waals surface area contributed by atoms with Crippen LogP contribution >= 0.6 is 11.3 Å². The molecule has 3 rings (SSSR count). The number of carbonyl (C=O) groups is 2. The highest BCUT2D eigenvalue weighted by molar-refractivity contribution is 7.19. The molecule has 34 heavy (non-hydrogen) atoms. The lowest BCUT2D eigenvalue weighted by Crippen LogP contribution is -2.37. The number of carbonyl (C=O) groups excluding carboxylic acids is 2. The van der Waals surface area contributed by atoms with E-state index in [1.54, 1.807) is 29.2 Å². The fourth-order valence-electron chi connectivity index (χ4n) is 3.34. The number of thiophene rings is 1. The van der Waals surface area contributed by atoms with Crippen LogP contribution < -0.4 is 10.2 Å². The Balaban J connectivity index is 2.01. The number of rotatable bonds is 8. The van der Waals surface area contributed by atoms with E-state index in [2.05, 4.69) is 17.4 Å². The van der Waals surface area contributed by atoms with Gasteiger partial charge in [0.05, 0.1) is 5.00 Å². The van der Waals surface area contributed by atoms with E-state index in [0.29, 0.717) is 28.4 Å². The number of unbranched alkanes of at least 4 members (excludes halogenated alkanes) is 1. The van der Waals surface area contributed by atoms with Crippen LogP contribution in [0.15, 0.2) is 65.8 Å². The van der Waals surface area contributed by atoms with E-state index in [0.717, 1.165) is 29.7 Å². The number of nitrogens with zero attached hydrogens (tertiary/aromatic N) is 2. The van der Waals surface area contributed by atoms with Crippen molar-refractivity contribution in [2.75, 3.05) is 16.8 Å². The van der Waals surface area contributed by atoms with Crippen LogP contribution in [0, 0.1) is 4.91 Å². The van der Waals surface area contributed by atoms with E-state index in [9.17, 15) is 14.5 Å². The van der Waals surface area contributed by atoms with Gasteiger partial charge < -0.3 is 10.1 Å². The molecule has 1 N–H and O–H groups in total. The van der Waals surface area contributed by atoms with Gasteiger partial charge in [-0.3, -0.25) is 9.69 Å². The molecule has 178 valence electrons. The molecule has 1 heterocycles. The summed E-state index contributed by atoms with van der Waals surface area (Å²) in [5.74, 6) is -0.318. The maximum atomic E-state index is 13.2. The van der Waals surface area contributed by atoms with Crippen molar-refractivity contribution in [1.29, 1.82) is 0 Å². The number of amides is 2. The van der Waals surface area contributed by atoms with Crippen molar-refractivity contribution < 1.29 is 14.3 Å². The summed E-state index contributed by atoms with van der Waals surface area (Å²) >= 11 is 1.10. The van der Waals surface area contributed by atoms with Gasteiger partial charge in [-0.05, 0) is 73.8 Å². The van der Waals surface area contributed by atoms with E-state index in [4.69, 9.17) is 4.74 Å². The quantitative estimate of drug-likeness (QED) is 0.337. The molecule has 7 nitrogen and oxygen atoms in total. The first-order chi connectivity index (χ1) is 16.2. The Labute approximate surface area is 203 Å². The lowest BCUT2D eigenvalue weighted by molar-refractivity contribution is 0.0580. The molecular formula is C26H29N3O4S. The van der Waals surface area contributed by atoms with E-state index in [1.165, 1.54) is 0 Å². The summed E-state index contributed by atoms with van der Waals surface area (Å²) in [5.41, 5.74) is 2.01. The molecular weight excluding hydrogens is 450 g/mol. The van der Waals surface area contributed by atoms with E-state index < -0.39 is 11.7 Å². The Hall–Kier alpha value is -3.52. The number of hydrogen-bond donors (Lipinski definition) is 1. The van der Waals surface area contributed by atoms with Crippen LogP contribution in [0.3, 0.4) is 0 Å². The van der Waals surface area contributed by atoms with Crippen molar-refractivity contribution in [3.8, 4) is 11.1 Å². The predicted octanol–water partition coefficient (Wildman–Crippen LogP) is 7.61. The highest BCUT2D eigenvalue weighted by Crippen LogP contribution is 2.33. The van der Waals surface area contributed by atoms with Gasteiger partial charge in [-0.15, -0.1) is 4.91 Å². The third-order valence-corrected chi connectivity index (χ3v) is 5.79. The molecule has 0 aliphatic heterocycles. The summed E-state index contributed by atoms with van der Waals surface area (Å²) in [6.07, 6.45) is 1.31. The minimum absolute atomic E-state index is 0.290. The predicted molar refractivity (Wildman–Crippen MR) is 138 cm³/mol. The fourth-order valence-corrected chi connectivity index (χ4v) is 4.02. The zero-order chi connectivity index (χ0) is 24.7. The van der Waals surface area contributed by atoms with Crippen LogP contribution in [0.2, 0.25) is 0 Å². The smallest absolute Gasteiger partial charge is 0.414 e. The van der Waals surface area contributed by atoms with E-state index >= 15 is 0 Å². The molecule has 0 aliphatic rings. The van der Waals surface area contributed by atoms with Crippen molar-refractivity contribution in [2.24, 2.45) is 5.18 Å². The van der Waals surface area contributed by atoms with Gasteiger partial charge in [-0.25, -0.2) is 4.79 Å². The van der Waals surface area contributed by atoms with Gasteiger partial charge in [0, 0.05) is 17.8 Å². The average molecular weight is 480 g/mol. The Morgan fingerprint density at radius 1 is 1.06 bits per heavy atom. The molecule has 1 aromatic heterocycles. The molecule has 0 saturated carbocycles. The second kappa shape index (κ2) is 11.1. The molecule has 0 unspecified atom stereocenters. The summed E-state index contributed by atoms with van der Waals surface area (Å²) in [6.45, 7) is 8.07. The van der Waals surface area contributed by atoms with Crippen LogP contribution in [0.5, 0.6) is 0 Å². The number of ether oxygens (including phenoxy) is 1. The molecule has 0 radical (unpaired) electrons. The second-order valence-corrected chi connectivity index (χ2v) is 9.83. The molecule has 2 amide bonds. The summed E-state index contributed by atoms with van der Waals surface area (Å²) in [6, 6.07) is 18.0. The number of nitrogens with one attached hydrogen (secondary N) is 1. The lowest BCUT2D eigenvalue weighted by atomic mass is 9.98. The maximum absolute atomic E-state index is 13.2. The van der Waals surface area contributed by atoms with Gasteiger partial charge in [-0.2, -0.15) is 0 Å². The Kier molecular flexibility index (Phi) is 8.17. The first-order valence-electron chi connectivity index (χ1n) is 11.2. The van der Waals surface area contributed by atoms with Crippen molar-refractivity contribution in [1.82, 2.24) is 0 Å². The summed E-state index contributed by atoms with van der Waals surface area (Å²) < 4.78 is 5.64. The monoisotopic (exact) mass is 479 g/mol. The number of hydrogen-bond acceptors (Lipinski definition) is 6. The van der Waals surface area contributed by atoms with Crippen LogP contribution in [-0.2, 0) is 4.74 Å². The highest BCUT2D eigenvalue weighted by atomic mass is 32.1. The van der Waals surface area contributed by atoms with E-state index in [-0.39, 0.29) is 10.9 Å². The summed E-state index contributed by atoms with van der Waals surface area (Å²) in [5, 5.41) is 6.56. The number of anilines is 2. The minimum Gasteiger partial charge on any atom is -0.443 e. The van der Waals surface area contributed by atoms with Crippen LogP contribution in [0.1, 0.15) is 50.9 Å². The van der Waals surface area contributed by atoms with Gasteiger partial charge in [0.1, 0.15) is 5.60 Å². The molecule has 0 fully saturated rings. The first kappa shape index (κ1) is 25.1. The van der Waals surface area contributed by atoms with Gasteiger partial charge in [0.25, 0.3) is 5.91 Å². The van der Waals surface area contributed by atoms with Gasteiger partial charge in [0.15, 0.2) is 5.00 Å². The van der Waals surface area contributed by atoms with Crippen LogP contribution in [0.4, 0.5) is 20.5 Å². The molecule has 0 atom stereocenters. The maximum Gasteiger partial charge on any atom is 0.414 e. The fraction of sp³-hybridized carbons (Fsp3) is 0.308. The molecule has 0 bridgehead atoms. The van der Waals surface area contributed by atoms with Crippen molar-refractivity contribution >= 4 is 39.0 Å². The van der Waals surface area contributed by atoms with Gasteiger partial charge >= 0.3 is 6.09 Å². The minimum atomic E-state index is -0.625. The van der Waals surface area contributed by atoms with Crippen LogP contribution in [0.25, 0.3) is 11.1 Å². The molecule has 3 aromatic rings. The SMILES string of the molecule is CCCCN(C(=O)OC(C)(C)C)c1ccc(C(=O)Nc2ccc(N=O)s2)c(-c2ccccc2)c1. The number of nitroso groups, excluding NO2 is 1. The lowest BCUT2D eigenvalue weighted by Gasteiger charge is -2.28. The van der Waals surface area contributed by atoms with Crippen molar-refractivity contribution in [3.63, 3.8) is 0 Å². The Morgan fingerprint density at radius 3 is 2.41 bits per heavy atom. The standard InChI is InChI=1S/C26H29N3O4S/c1-5-6-16-29(25(31)33-26(2,3)4)19-12-13-20(21(17-19)18-10-8-7-9-11-18)24(30)27-22-14-15-23(28-32)34-22/h7-15,17H,5-6,16H2,1-4H3,(H,27,30). The van der Waals surface area contributed by atoms with E-state index in [1.807, 2.05) is 57.2 Å². The summed E-state index contributed by atoms with van der Waals surface area (Å²) in [4.78, 5) is 38.5. The second-order valence-electron chi connectivity index (χ2n) is 8.76. The molecule has 2 aromatic carbocycles. The van der Waals surface area contributed by atoms with Crippen molar-refractivity contribution in [3.05, 3.63) is 71.1 Å². The zero-order valence-electron chi connectivity index (χ0n) is 19.8. The zero-order valence-corrected chi connectivity index (χ0v) is 20.6. The largest absolute Gasteiger partial charge is 0.443 e. The topological polar surface area (TPSA) is 88.1 Å². The third kappa shape index (κ3) is 6.51. The Bertz CT molecular complexity index is 1150. The first-order valence-corrected chi connectivity index (χ1v) is 12.0. The van der Waals surface area contributed by atoms with Gasteiger partial charge in [0.2, 0.25) is 0 Å². The Morgan fingerprint density at radius 2 is 1.79 bits per heavy atom. The normalized spacial score (nSPS) is 11.1. The highest BCUT2D eigenvalue weighted by Gasteiger charge is 2.25.